The van der Waals surface area contributed by atoms with Crippen LogP contribution in [0.5, 0.6) is 5.75 Å². The van der Waals surface area contributed by atoms with E-state index in [4.69, 9.17) is 10.8 Å². The maximum atomic E-state index is 8.89. The zero-order valence-corrected chi connectivity index (χ0v) is 7.04. The van der Waals surface area contributed by atoms with Crippen LogP contribution < -0.4 is 5.73 Å². The van der Waals surface area contributed by atoms with Gasteiger partial charge < -0.3 is 10.8 Å². The zero-order chi connectivity index (χ0) is 8.69. The summed E-state index contributed by atoms with van der Waals surface area (Å²) in [5.41, 5.74) is 6.26. The first-order chi connectivity index (χ1) is 5.33. The third-order valence-corrected chi connectivity index (χ3v) is 1.15. The van der Waals surface area contributed by atoms with Gasteiger partial charge in [-0.2, -0.15) is 0 Å². The Labute approximate surface area is 67.7 Å². The molecule has 0 fully saturated rings. The maximum absolute atomic E-state index is 8.89. The molecule has 0 aromatic heterocycles. The first-order valence-electron chi connectivity index (χ1n) is 3.81. The van der Waals surface area contributed by atoms with Crippen molar-refractivity contribution in [1.29, 1.82) is 0 Å². The molecule has 0 saturated carbocycles. The Hall–Kier alpha value is -1.02. The molecule has 0 spiro atoms. The molecule has 3 N–H and O–H groups in total. The average molecular weight is 153 g/mol. The van der Waals surface area contributed by atoms with Crippen molar-refractivity contribution < 1.29 is 5.11 Å². The van der Waals surface area contributed by atoms with Gasteiger partial charge in [0.1, 0.15) is 5.75 Å². The van der Waals surface area contributed by atoms with E-state index in [-0.39, 0.29) is 5.75 Å². The number of rotatable bonds is 1. The monoisotopic (exact) mass is 153 g/mol. The van der Waals surface area contributed by atoms with Crippen LogP contribution in [0.1, 0.15) is 19.4 Å². The van der Waals surface area contributed by atoms with Crippen molar-refractivity contribution in [2.45, 2.75) is 20.4 Å². The molecule has 0 saturated heterocycles. The lowest BCUT2D eigenvalue weighted by Crippen LogP contribution is -1.94. The van der Waals surface area contributed by atoms with E-state index < -0.39 is 0 Å². The fourth-order valence-electron chi connectivity index (χ4n) is 0.683. The Balaban J connectivity index is 0.000000461. The third kappa shape index (κ3) is 3.63. The molecule has 62 valence electrons. The molecule has 0 heterocycles. The molecule has 2 heteroatoms. The predicted molar refractivity (Wildman–Crippen MR) is 47.3 cm³/mol. The molecular formula is C9H15NO. The fourth-order valence-corrected chi connectivity index (χ4v) is 0.683. The van der Waals surface area contributed by atoms with Crippen LogP contribution in [-0.4, -0.2) is 5.11 Å². The van der Waals surface area contributed by atoms with Gasteiger partial charge in [0, 0.05) is 6.54 Å². The Morgan fingerprint density at radius 1 is 1.36 bits per heavy atom. The highest BCUT2D eigenvalue weighted by Crippen LogP contribution is 2.09. The fraction of sp³-hybridized carbons (Fsp3) is 0.333. The SMILES string of the molecule is CC.NCc1cccc(O)c1. The second-order valence-corrected chi connectivity index (χ2v) is 1.87. The summed E-state index contributed by atoms with van der Waals surface area (Å²) in [5.74, 6) is 0.276. The van der Waals surface area contributed by atoms with Gasteiger partial charge in [-0.05, 0) is 17.7 Å². The normalized spacial score (nSPS) is 8.27. The molecule has 0 bridgehead atoms. The molecular weight excluding hydrogens is 138 g/mol. The first-order valence-corrected chi connectivity index (χ1v) is 3.81. The summed E-state index contributed by atoms with van der Waals surface area (Å²) in [6.45, 7) is 4.48. The average Bonchev–Trinajstić information content (AvgIpc) is 2.08. The van der Waals surface area contributed by atoms with E-state index in [9.17, 15) is 0 Å². The summed E-state index contributed by atoms with van der Waals surface area (Å²) in [7, 11) is 0. The van der Waals surface area contributed by atoms with Gasteiger partial charge in [0.2, 0.25) is 0 Å². The standard InChI is InChI=1S/C7H9NO.C2H6/c8-5-6-2-1-3-7(9)4-6;1-2/h1-4,9H,5,8H2;1-2H3. The van der Waals surface area contributed by atoms with E-state index >= 15 is 0 Å². The number of nitrogens with two attached hydrogens (primary N) is 1. The van der Waals surface area contributed by atoms with Crippen molar-refractivity contribution in [3.8, 4) is 5.75 Å². The minimum atomic E-state index is 0.276. The third-order valence-electron chi connectivity index (χ3n) is 1.15. The molecule has 0 aliphatic rings. The van der Waals surface area contributed by atoms with Crippen LogP contribution >= 0.6 is 0 Å². The van der Waals surface area contributed by atoms with Crippen LogP contribution in [0, 0.1) is 0 Å². The molecule has 2 nitrogen and oxygen atoms in total. The highest BCUT2D eigenvalue weighted by molar-refractivity contribution is 5.26. The van der Waals surface area contributed by atoms with Crippen molar-refractivity contribution in [3.63, 3.8) is 0 Å². The molecule has 1 aromatic rings. The van der Waals surface area contributed by atoms with Gasteiger partial charge in [-0.1, -0.05) is 26.0 Å². The van der Waals surface area contributed by atoms with Crippen LogP contribution in [0.15, 0.2) is 24.3 Å². The van der Waals surface area contributed by atoms with Crippen LogP contribution in [0.4, 0.5) is 0 Å². The number of aromatic hydroxyl groups is 1. The number of hydrogen-bond donors (Lipinski definition) is 2. The van der Waals surface area contributed by atoms with Gasteiger partial charge in [0.25, 0.3) is 0 Å². The van der Waals surface area contributed by atoms with E-state index in [1.807, 2.05) is 19.9 Å². The lowest BCUT2D eigenvalue weighted by Gasteiger charge is -1.94. The van der Waals surface area contributed by atoms with Crippen LogP contribution in [0.2, 0.25) is 0 Å². The van der Waals surface area contributed by atoms with Crippen LogP contribution in [-0.2, 0) is 6.54 Å². The van der Waals surface area contributed by atoms with E-state index in [1.165, 1.54) is 0 Å². The van der Waals surface area contributed by atoms with E-state index in [0.29, 0.717) is 6.54 Å². The molecule has 11 heavy (non-hydrogen) atoms. The summed E-state index contributed by atoms with van der Waals surface area (Å²) >= 11 is 0. The number of phenolic OH excluding ortho intramolecular Hbond substituents is 1. The van der Waals surface area contributed by atoms with Crippen LogP contribution in [0.3, 0.4) is 0 Å². The van der Waals surface area contributed by atoms with Crippen LogP contribution in [0.25, 0.3) is 0 Å². The van der Waals surface area contributed by atoms with E-state index in [2.05, 4.69) is 0 Å². The molecule has 0 atom stereocenters. The summed E-state index contributed by atoms with van der Waals surface area (Å²) < 4.78 is 0. The van der Waals surface area contributed by atoms with Crippen molar-refractivity contribution in [3.05, 3.63) is 29.8 Å². The Kier molecular flexibility index (Phi) is 5.21. The quantitative estimate of drug-likeness (QED) is 0.647. The number of hydrogen-bond acceptors (Lipinski definition) is 2. The highest BCUT2D eigenvalue weighted by atomic mass is 16.3. The van der Waals surface area contributed by atoms with Crippen molar-refractivity contribution in [2.24, 2.45) is 5.73 Å². The molecule has 0 amide bonds. The van der Waals surface area contributed by atoms with Gasteiger partial charge in [-0.3, -0.25) is 0 Å². The lowest BCUT2D eigenvalue weighted by molar-refractivity contribution is 0.474. The summed E-state index contributed by atoms with van der Waals surface area (Å²) in [5, 5.41) is 8.89. The Morgan fingerprint density at radius 3 is 2.36 bits per heavy atom. The molecule has 1 aromatic carbocycles. The van der Waals surface area contributed by atoms with Gasteiger partial charge in [0.05, 0.1) is 0 Å². The predicted octanol–water partition coefficient (Wildman–Crippen LogP) is 1.88. The molecule has 0 radical (unpaired) electrons. The van der Waals surface area contributed by atoms with Gasteiger partial charge in [0.15, 0.2) is 0 Å². The highest BCUT2D eigenvalue weighted by Gasteiger charge is 1.88. The Bertz CT molecular complexity index is 199. The minimum Gasteiger partial charge on any atom is -0.508 e. The van der Waals surface area contributed by atoms with Gasteiger partial charge in [-0.15, -0.1) is 0 Å². The first kappa shape index (κ1) is 9.98. The smallest absolute Gasteiger partial charge is 0.115 e. The molecule has 0 aliphatic carbocycles. The molecule has 1 rings (SSSR count). The number of benzene rings is 1. The maximum Gasteiger partial charge on any atom is 0.115 e. The topological polar surface area (TPSA) is 46.2 Å². The zero-order valence-electron chi connectivity index (χ0n) is 7.04. The largest absolute Gasteiger partial charge is 0.508 e. The summed E-state index contributed by atoms with van der Waals surface area (Å²) in [4.78, 5) is 0. The number of phenols is 1. The van der Waals surface area contributed by atoms with Crippen molar-refractivity contribution in [1.82, 2.24) is 0 Å². The minimum absolute atomic E-state index is 0.276. The van der Waals surface area contributed by atoms with E-state index in [0.717, 1.165) is 5.56 Å². The van der Waals surface area contributed by atoms with Crippen molar-refractivity contribution >= 4 is 0 Å². The van der Waals surface area contributed by atoms with Gasteiger partial charge in [-0.25, -0.2) is 0 Å². The van der Waals surface area contributed by atoms with E-state index in [1.54, 1.807) is 18.2 Å². The lowest BCUT2D eigenvalue weighted by atomic mass is 10.2. The Morgan fingerprint density at radius 2 is 2.00 bits per heavy atom. The summed E-state index contributed by atoms with van der Waals surface area (Å²) in [6, 6.07) is 6.93. The molecule has 0 unspecified atom stereocenters. The van der Waals surface area contributed by atoms with Crippen molar-refractivity contribution in [2.75, 3.05) is 0 Å². The van der Waals surface area contributed by atoms with Gasteiger partial charge >= 0.3 is 0 Å². The summed E-state index contributed by atoms with van der Waals surface area (Å²) in [6.07, 6.45) is 0. The second kappa shape index (κ2) is 5.74. The molecule has 0 aliphatic heterocycles. The second-order valence-electron chi connectivity index (χ2n) is 1.87.